The largest absolute Gasteiger partial charge is 0.756 e. The zero-order valence-corrected chi connectivity index (χ0v) is 20.5. The van der Waals surface area contributed by atoms with E-state index < -0.39 is 13.9 Å². The zero-order chi connectivity index (χ0) is 22.0. The minimum Gasteiger partial charge on any atom is -0.756 e. The van der Waals surface area contributed by atoms with E-state index >= 15 is 0 Å². The Hall–Kier alpha value is -0.190. The van der Waals surface area contributed by atoms with Crippen molar-refractivity contribution in [1.82, 2.24) is 0 Å². The number of likely N-dealkylation sites (N-methyl/N-ethyl adjacent to an activating group) is 1. The Kier molecular flexibility index (Phi) is 17.4. The lowest BCUT2D eigenvalue weighted by atomic mass is 10.1. The summed E-state index contributed by atoms with van der Waals surface area (Å²) in [4.78, 5) is 20.0. The molecule has 0 spiro atoms. The van der Waals surface area contributed by atoms with Gasteiger partial charge in [-0.25, -0.2) is 0 Å². The highest BCUT2D eigenvalue weighted by molar-refractivity contribution is 7.44. The molecule has 0 aliphatic heterocycles. The lowest BCUT2D eigenvalue weighted by Gasteiger charge is -2.31. The van der Waals surface area contributed by atoms with E-state index in [0.717, 1.165) is 12.8 Å². The van der Waals surface area contributed by atoms with E-state index in [1.165, 1.54) is 77.0 Å². The zero-order valence-electron chi connectivity index (χ0n) is 19.6. The smallest absolute Gasteiger partial charge is 0.265 e. The maximum absolute atomic E-state index is 11.0. The van der Waals surface area contributed by atoms with Gasteiger partial charge in [0, 0.05) is 0 Å². The second kappa shape index (κ2) is 17.5. The normalized spacial score (nSPS) is 15.7. The standard InChI is InChI=1S/C23H48NO4P/c1-5-6-7-8-9-10-11-12-13-14-15-16-17-18-19-20-21-23(22-24(2,3)4)28-29(25,26)27/h12-13,23H,5-11,14-22H2,1-4H3,(H-,25,26,27)/b13-12+. The van der Waals surface area contributed by atoms with Crippen LogP contribution in [0, 0.1) is 0 Å². The van der Waals surface area contributed by atoms with Crippen LogP contribution in [0.15, 0.2) is 12.2 Å². The van der Waals surface area contributed by atoms with Crippen molar-refractivity contribution in [2.24, 2.45) is 0 Å². The third-order valence-corrected chi connectivity index (χ3v) is 5.64. The van der Waals surface area contributed by atoms with E-state index in [2.05, 4.69) is 19.1 Å². The van der Waals surface area contributed by atoms with E-state index in [9.17, 15) is 9.46 Å². The van der Waals surface area contributed by atoms with Gasteiger partial charge in [0.2, 0.25) is 0 Å². The van der Waals surface area contributed by atoms with Crippen LogP contribution in [0.25, 0.3) is 0 Å². The van der Waals surface area contributed by atoms with Gasteiger partial charge in [-0.3, -0.25) is 4.57 Å². The van der Waals surface area contributed by atoms with Crippen molar-refractivity contribution in [3.8, 4) is 0 Å². The van der Waals surface area contributed by atoms with E-state index in [0.29, 0.717) is 17.4 Å². The summed E-state index contributed by atoms with van der Waals surface area (Å²) in [6, 6.07) is 0. The molecule has 0 aromatic heterocycles. The van der Waals surface area contributed by atoms with Gasteiger partial charge >= 0.3 is 0 Å². The van der Waals surface area contributed by atoms with E-state index in [-0.39, 0.29) is 0 Å². The fraction of sp³-hybridized carbons (Fsp3) is 0.913. The molecule has 0 bridgehead atoms. The summed E-state index contributed by atoms with van der Waals surface area (Å²) >= 11 is 0. The van der Waals surface area contributed by atoms with Gasteiger partial charge in [0.25, 0.3) is 7.82 Å². The van der Waals surface area contributed by atoms with E-state index in [4.69, 9.17) is 9.42 Å². The van der Waals surface area contributed by atoms with Gasteiger partial charge in [-0.05, 0) is 32.1 Å². The summed E-state index contributed by atoms with van der Waals surface area (Å²) in [6.45, 7) is 2.83. The average Bonchev–Trinajstić information content (AvgIpc) is 2.58. The van der Waals surface area contributed by atoms with Crippen LogP contribution < -0.4 is 4.89 Å². The highest BCUT2D eigenvalue weighted by atomic mass is 31.2. The molecule has 5 nitrogen and oxygen atoms in total. The number of hydrogen-bond acceptors (Lipinski definition) is 3. The van der Waals surface area contributed by atoms with E-state index in [1.54, 1.807) is 0 Å². The van der Waals surface area contributed by atoms with Crippen LogP contribution in [-0.4, -0.2) is 43.2 Å². The van der Waals surface area contributed by atoms with Crippen molar-refractivity contribution >= 4 is 7.82 Å². The second-order valence-corrected chi connectivity index (χ2v) is 10.5. The number of phosphoric acid groups is 1. The third kappa shape index (κ3) is 24.0. The van der Waals surface area contributed by atoms with Crippen LogP contribution in [0.3, 0.4) is 0 Å². The van der Waals surface area contributed by atoms with Gasteiger partial charge in [-0.15, -0.1) is 0 Å². The number of hydrogen-bond donors (Lipinski definition) is 1. The Labute approximate surface area is 180 Å². The molecule has 174 valence electrons. The molecule has 0 saturated heterocycles. The molecule has 0 saturated carbocycles. The SMILES string of the molecule is CCCCCCCC/C=C/CCCCCCCCC(C[N+](C)(C)C)OP(=O)([O-])O. The van der Waals surface area contributed by atoms with Gasteiger partial charge < -0.3 is 18.8 Å². The minimum atomic E-state index is -4.67. The van der Waals surface area contributed by atoms with Gasteiger partial charge in [0.15, 0.2) is 0 Å². The van der Waals surface area contributed by atoms with Crippen molar-refractivity contribution in [2.75, 3.05) is 27.7 Å². The molecular weight excluding hydrogens is 385 g/mol. The van der Waals surface area contributed by atoms with Crippen LogP contribution in [0.5, 0.6) is 0 Å². The Morgan fingerprint density at radius 2 is 1.31 bits per heavy atom. The van der Waals surface area contributed by atoms with Gasteiger partial charge in [-0.2, -0.15) is 0 Å². The first-order valence-electron chi connectivity index (χ1n) is 11.8. The number of quaternary nitrogens is 1. The molecule has 0 aliphatic carbocycles. The highest BCUT2D eigenvalue weighted by Crippen LogP contribution is 2.34. The Morgan fingerprint density at radius 3 is 1.76 bits per heavy atom. The van der Waals surface area contributed by atoms with Crippen molar-refractivity contribution in [3.05, 3.63) is 12.2 Å². The van der Waals surface area contributed by atoms with Crippen molar-refractivity contribution in [3.63, 3.8) is 0 Å². The van der Waals surface area contributed by atoms with Crippen molar-refractivity contribution in [2.45, 2.75) is 109 Å². The number of rotatable bonds is 20. The van der Waals surface area contributed by atoms with Crippen LogP contribution >= 0.6 is 7.82 Å². The van der Waals surface area contributed by atoms with Gasteiger partial charge in [0.05, 0.1) is 21.1 Å². The Bertz CT molecular complexity index is 443. The maximum atomic E-state index is 11.0. The lowest BCUT2D eigenvalue weighted by Crippen LogP contribution is -2.42. The molecule has 0 fully saturated rings. The molecule has 2 atom stereocenters. The molecular formula is C23H48NO4P. The predicted octanol–water partition coefficient (Wildman–Crippen LogP) is 5.97. The summed E-state index contributed by atoms with van der Waals surface area (Å²) in [5.74, 6) is 0. The molecule has 0 rings (SSSR count). The fourth-order valence-electron chi connectivity index (χ4n) is 3.60. The first-order valence-corrected chi connectivity index (χ1v) is 13.3. The van der Waals surface area contributed by atoms with Gasteiger partial charge in [0.1, 0.15) is 12.6 Å². The first kappa shape index (κ1) is 28.8. The maximum Gasteiger partial charge on any atom is 0.265 e. The summed E-state index contributed by atoms with van der Waals surface area (Å²) in [5.41, 5.74) is 0. The quantitative estimate of drug-likeness (QED) is 0.111. The Balaban J connectivity index is 3.60. The van der Waals surface area contributed by atoms with Crippen LogP contribution in [0.1, 0.15) is 103 Å². The molecule has 0 aromatic carbocycles. The molecule has 2 unspecified atom stereocenters. The number of phosphoric ester groups is 1. The summed E-state index contributed by atoms with van der Waals surface area (Å²) < 4.78 is 16.5. The van der Waals surface area contributed by atoms with Crippen LogP contribution in [-0.2, 0) is 9.09 Å². The highest BCUT2D eigenvalue weighted by Gasteiger charge is 2.22. The van der Waals surface area contributed by atoms with Crippen LogP contribution in [0.2, 0.25) is 0 Å². The molecule has 0 amide bonds. The summed E-state index contributed by atoms with van der Waals surface area (Å²) in [6.07, 6.45) is 22.4. The predicted molar refractivity (Wildman–Crippen MR) is 122 cm³/mol. The molecule has 0 radical (unpaired) electrons. The Morgan fingerprint density at radius 1 is 0.862 bits per heavy atom. The molecule has 1 N–H and O–H groups in total. The molecule has 0 heterocycles. The number of unbranched alkanes of at least 4 members (excludes halogenated alkanes) is 12. The van der Waals surface area contributed by atoms with Crippen molar-refractivity contribution in [1.29, 1.82) is 0 Å². The summed E-state index contributed by atoms with van der Waals surface area (Å²) in [5, 5.41) is 0. The monoisotopic (exact) mass is 433 g/mol. The minimum absolute atomic E-state index is 0.444. The number of nitrogens with zero attached hydrogens (tertiary/aromatic N) is 1. The topological polar surface area (TPSA) is 69.6 Å². The van der Waals surface area contributed by atoms with E-state index in [1.807, 2.05) is 21.1 Å². The fourth-order valence-corrected chi connectivity index (χ4v) is 4.14. The molecule has 6 heteroatoms. The number of allylic oxidation sites excluding steroid dienone is 2. The van der Waals surface area contributed by atoms with Crippen LogP contribution in [0.4, 0.5) is 0 Å². The first-order chi connectivity index (χ1) is 13.6. The van der Waals surface area contributed by atoms with Crippen molar-refractivity contribution < 1.29 is 23.4 Å². The summed E-state index contributed by atoms with van der Waals surface area (Å²) in [7, 11) is 1.31. The lowest BCUT2D eigenvalue weighted by molar-refractivity contribution is -0.873. The third-order valence-electron chi connectivity index (χ3n) is 5.07. The van der Waals surface area contributed by atoms with Gasteiger partial charge in [-0.1, -0.05) is 83.3 Å². The average molecular weight is 434 g/mol. The molecule has 0 aromatic rings. The second-order valence-electron chi connectivity index (χ2n) is 9.40. The molecule has 29 heavy (non-hydrogen) atoms. The molecule has 0 aliphatic rings.